The van der Waals surface area contributed by atoms with Crippen LogP contribution in [0.2, 0.25) is 10.0 Å². The first-order valence-corrected chi connectivity index (χ1v) is 14.2. The lowest BCUT2D eigenvalue weighted by Gasteiger charge is -2.43. The van der Waals surface area contributed by atoms with Crippen LogP contribution < -0.4 is 29.9 Å². The first-order chi connectivity index (χ1) is 19.2. The van der Waals surface area contributed by atoms with Gasteiger partial charge < -0.3 is 20.1 Å². The third-order valence-electron chi connectivity index (χ3n) is 8.36. The minimum Gasteiger partial charge on any atom is -0.495 e. The summed E-state index contributed by atoms with van der Waals surface area (Å²) >= 11 is 13.2. The second kappa shape index (κ2) is 11.7. The molecule has 3 amide bonds. The van der Waals surface area contributed by atoms with E-state index in [9.17, 15) is 9.59 Å². The molecule has 3 atom stereocenters. The Hall–Kier alpha value is -3.24. The van der Waals surface area contributed by atoms with Crippen molar-refractivity contribution in [3.8, 4) is 11.5 Å². The lowest BCUT2D eigenvalue weighted by Crippen LogP contribution is -2.51. The third-order valence-corrected chi connectivity index (χ3v) is 9.09. The van der Waals surface area contributed by atoms with E-state index in [0.717, 1.165) is 25.2 Å². The predicted octanol–water partition coefficient (Wildman–Crippen LogP) is 5.43. The van der Waals surface area contributed by atoms with E-state index in [4.69, 9.17) is 37.7 Å². The Morgan fingerprint density at radius 2 is 1.80 bits per heavy atom. The molecule has 1 unspecified atom stereocenters. The van der Waals surface area contributed by atoms with Gasteiger partial charge in [-0.3, -0.25) is 14.6 Å². The first kappa shape index (κ1) is 28.3. The Labute approximate surface area is 244 Å². The second-order valence-electron chi connectivity index (χ2n) is 10.6. The monoisotopic (exact) mass is 588 g/mol. The molecule has 40 heavy (non-hydrogen) atoms. The molecule has 2 aliphatic carbocycles. The summed E-state index contributed by atoms with van der Waals surface area (Å²) in [5.74, 6) is 2.72. The highest BCUT2D eigenvalue weighted by atomic mass is 35.5. The molecule has 3 aliphatic rings. The number of methoxy groups -OCH3 is 2. The molecule has 10 nitrogen and oxygen atoms in total. The summed E-state index contributed by atoms with van der Waals surface area (Å²) in [5, 5.41) is 6.94. The number of amides is 3. The quantitative estimate of drug-likeness (QED) is 0.396. The van der Waals surface area contributed by atoms with E-state index in [1.54, 1.807) is 19.3 Å². The molecule has 2 heterocycles. The Balaban J connectivity index is 1.39. The van der Waals surface area contributed by atoms with E-state index < -0.39 is 0 Å². The van der Waals surface area contributed by atoms with Crippen molar-refractivity contribution in [1.82, 2.24) is 15.3 Å². The number of rotatable bonds is 8. The maximum Gasteiger partial charge on any atom is 0.330 e. The molecular weight excluding hydrogens is 555 g/mol. The fourth-order valence-electron chi connectivity index (χ4n) is 5.95. The second-order valence-corrected chi connectivity index (χ2v) is 11.3. The van der Waals surface area contributed by atoms with Crippen molar-refractivity contribution in [3.63, 3.8) is 0 Å². The van der Waals surface area contributed by atoms with Crippen molar-refractivity contribution in [1.29, 1.82) is 0 Å². The van der Waals surface area contributed by atoms with E-state index >= 15 is 0 Å². The van der Waals surface area contributed by atoms with Crippen LogP contribution in [-0.2, 0) is 11.3 Å². The fraction of sp³-hybridized carbons (Fsp3) is 0.500. The molecule has 2 saturated carbocycles. The van der Waals surface area contributed by atoms with Crippen molar-refractivity contribution >= 4 is 52.6 Å². The zero-order valence-corrected chi connectivity index (χ0v) is 24.4. The number of ether oxygens (including phenoxy) is 2. The van der Waals surface area contributed by atoms with Crippen molar-refractivity contribution < 1.29 is 19.1 Å². The minimum absolute atomic E-state index is 0.0405. The van der Waals surface area contributed by atoms with E-state index in [1.807, 2.05) is 0 Å². The summed E-state index contributed by atoms with van der Waals surface area (Å²) < 4.78 is 10.8. The van der Waals surface area contributed by atoms with E-state index in [0.29, 0.717) is 34.7 Å². The summed E-state index contributed by atoms with van der Waals surface area (Å²) in [6.45, 7) is 3.76. The molecule has 2 fully saturated rings. The number of urea groups is 1. The van der Waals surface area contributed by atoms with Crippen LogP contribution in [0.1, 0.15) is 44.1 Å². The van der Waals surface area contributed by atoms with Crippen molar-refractivity contribution in [2.24, 2.45) is 11.8 Å². The normalized spacial score (nSPS) is 22.7. The van der Waals surface area contributed by atoms with Gasteiger partial charge in [-0.1, -0.05) is 49.0 Å². The molecule has 0 radical (unpaired) electrons. The first-order valence-electron chi connectivity index (χ1n) is 13.5. The van der Waals surface area contributed by atoms with Crippen LogP contribution in [-0.4, -0.2) is 55.3 Å². The molecule has 2 aromatic rings. The number of benzene rings is 1. The smallest absolute Gasteiger partial charge is 0.330 e. The maximum atomic E-state index is 13.5. The Kier molecular flexibility index (Phi) is 8.28. The maximum absolute atomic E-state index is 13.5. The standard InChI is InChI=1S/C28H34Cl2N6O4/c1-5-22(37)32-19-11-16(15-7-6-8-15)9-10-18(19)33-27-31-13-17-14-36(28(38)35(2)26(17)34-27)25-23(29)20(39-3)12-21(40-4)24(25)30/h5,12-13,15-16,18-19H,1,6-11,14H2,2-4H3,(H,32,37)(H,31,33,34)/t16?,18-,19+/m1/s1. The molecule has 5 rings (SSSR count). The van der Waals surface area contributed by atoms with Crippen LogP contribution in [0.15, 0.2) is 24.9 Å². The number of carbonyl (C=O) groups is 2. The number of nitrogens with one attached hydrogen (secondary N) is 2. The zero-order valence-electron chi connectivity index (χ0n) is 22.9. The third kappa shape index (κ3) is 5.26. The average molecular weight is 590 g/mol. The van der Waals surface area contributed by atoms with Crippen molar-refractivity contribution in [2.45, 2.75) is 57.2 Å². The molecule has 2 N–H and O–H groups in total. The fourth-order valence-corrected chi connectivity index (χ4v) is 6.65. The molecule has 0 bridgehead atoms. The Morgan fingerprint density at radius 3 is 2.40 bits per heavy atom. The van der Waals surface area contributed by atoms with Crippen molar-refractivity contribution in [2.75, 3.05) is 36.4 Å². The number of anilines is 3. The lowest BCUT2D eigenvalue weighted by molar-refractivity contribution is -0.117. The number of fused-ring (bicyclic) bond motifs is 1. The highest BCUT2D eigenvalue weighted by Gasteiger charge is 2.38. The molecule has 0 saturated heterocycles. The van der Waals surface area contributed by atoms with E-state index in [1.165, 1.54) is 49.4 Å². The largest absolute Gasteiger partial charge is 0.495 e. The number of aromatic nitrogens is 2. The summed E-state index contributed by atoms with van der Waals surface area (Å²) in [6, 6.07) is 1.10. The summed E-state index contributed by atoms with van der Waals surface area (Å²) in [4.78, 5) is 37.9. The molecule has 0 spiro atoms. The van der Waals surface area contributed by atoms with Crippen LogP contribution in [0.4, 0.5) is 22.2 Å². The van der Waals surface area contributed by atoms with Crippen LogP contribution in [0.25, 0.3) is 0 Å². The Morgan fingerprint density at radius 1 is 1.10 bits per heavy atom. The highest BCUT2D eigenvalue weighted by Crippen LogP contribution is 2.48. The van der Waals surface area contributed by atoms with Crippen LogP contribution in [0.3, 0.4) is 0 Å². The molecule has 12 heteroatoms. The number of hydrogen-bond donors (Lipinski definition) is 2. The summed E-state index contributed by atoms with van der Waals surface area (Å²) in [6.07, 6.45) is 9.73. The van der Waals surface area contributed by atoms with Gasteiger partial charge in [0.15, 0.2) is 0 Å². The number of nitrogens with zero attached hydrogens (tertiary/aromatic N) is 4. The summed E-state index contributed by atoms with van der Waals surface area (Å²) in [5.41, 5.74) is 1.00. The van der Waals surface area contributed by atoms with Gasteiger partial charge in [0, 0.05) is 37.0 Å². The van der Waals surface area contributed by atoms with Gasteiger partial charge in [0.1, 0.15) is 27.4 Å². The van der Waals surface area contributed by atoms with Gasteiger partial charge in [0.05, 0.1) is 26.5 Å². The number of halogens is 2. The number of hydrogen-bond acceptors (Lipinski definition) is 7. The van der Waals surface area contributed by atoms with E-state index in [2.05, 4.69) is 22.2 Å². The van der Waals surface area contributed by atoms with Gasteiger partial charge in [0.25, 0.3) is 0 Å². The van der Waals surface area contributed by atoms with Gasteiger partial charge in [-0.05, 0) is 37.2 Å². The minimum atomic E-state index is -0.367. The van der Waals surface area contributed by atoms with Crippen LogP contribution in [0, 0.1) is 11.8 Å². The average Bonchev–Trinajstić information content (AvgIpc) is 2.92. The molecule has 1 aromatic heterocycles. The van der Waals surface area contributed by atoms with Gasteiger partial charge in [-0.25, -0.2) is 9.78 Å². The van der Waals surface area contributed by atoms with Gasteiger partial charge in [-0.15, -0.1) is 0 Å². The highest BCUT2D eigenvalue weighted by molar-refractivity contribution is 6.42. The zero-order chi connectivity index (χ0) is 28.6. The predicted molar refractivity (Wildman–Crippen MR) is 156 cm³/mol. The molecule has 1 aliphatic heterocycles. The molecule has 1 aromatic carbocycles. The van der Waals surface area contributed by atoms with Crippen LogP contribution in [0.5, 0.6) is 11.5 Å². The molecule has 214 valence electrons. The molecular formula is C28H34Cl2N6O4. The van der Waals surface area contributed by atoms with Gasteiger partial charge in [-0.2, -0.15) is 4.98 Å². The SMILES string of the molecule is C=CC(=O)N[C@H]1CC(C2CCC2)CC[C@H]1Nc1ncc2c(n1)N(C)C(=O)N(c1c(Cl)c(OC)cc(OC)c1Cl)C2. The van der Waals surface area contributed by atoms with E-state index in [-0.39, 0.29) is 46.3 Å². The Bertz CT molecular complexity index is 1290. The summed E-state index contributed by atoms with van der Waals surface area (Å²) in [7, 11) is 4.60. The van der Waals surface area contributed by atoms with Crippen molar-refractivity contribution in [3.05, 3.63) is 40.5 Å². The van der Waals surface area contributed by atoms with Gasteiger partial charge in [0.2, 0.25) is 11.9 Å². The van der Waals surface area contributed by atoms with Gasteiger partial charge >= 0.3 is 6.03 Å². The van der Waals surface area contributed by atoms with Crippen LogP contribution >= 0.6 is 23.2 Å². The lowest BCUT2D eigenvalue weighted by atomic mass is 9.68. The topological polar surface area (TPSA) is 109 Å². The number of carbonyl (C=O) groups excluding carboxylic acids is 2.